The van der Waals surface area contributed by atoms with Crippen molar-refractivity contribution in [1.29, 1.82) is 0 Å². The van der Waals surface area contributed by atoms with Crippen molar-refractivity contribution >= 4 is 110 Å². The monoisotopic (exact) mass is 1450 g/mol. The number of hydrogen-bond acceptors (Lipinski definition) is 16. The van der Waals surface area contributed by atoms with Crippen LogP contribution in [0.3, 0.4) is 0 Å². The van der Waals surface area contributed by atoms with Gasteiger partial charge in [0.25, 0.3) is 0 Å². The highest BCUT2D eigenvalue weighted by atomic mass is 35.5. The highest BCUT2D eigenvalue weighted by molar-refractivity contribution is 6.30. The normalized spacial score (nSPS) is 19.1. The van der Waals surface area contributed by atoms with Crippen LogP contribution in [0.1, 0.15) is 101 Å². The Labute approximate surface area is 606 Å². The molecule has 13 amide bonds. The van der Waals surface area contributed by atoms with Crippen LogP contribution in [0.4, 0.5) is 0 Å². The third kappa shape index (κ3) is 23.3. The van der Waals surface area contributed by atoms with Gasteiger partial charge in [0.05, 0.1) is 6.42 Å². The van der Waals surface area contributed by atoms with Gasteiger partial charge in [0, 0.05) is 76.1 Å². The minimum atomic E-state index is -1.88. The first-order valence-corrected chi connectivity index (χ1v) is 35.1. The maximum atomic E-state index is 15.1. The minimum absolute atomic E-state index is 0.0178. The highest BCUT2D eigenvalue weighted by Crippen LogP contribution is 2.23. The quantitative estimate of drug-likeness (QED) is 0.0201. The Morgan fingerprint density at radius 2 is 1.17 bits per heavy atom. The molecule has 2 aliphatic heterocycles. The van der Waals surface area contributed by atoms with E-state index in [9.17, 15) is 47.9 Å². The number of fused-ring (bicyclic) bond motifs is 2. The van der Waals surface area contributed by atoms with Gasteiger partial charge in [-0.2, -0.15) is 0 Å². The van der Waals surface area contributed by atoms with E-state index in [2.05, 4.69) is 58.2 Å². The molecule has 0 radical (unpaired) electrons. The molecule has 29 nitrogen and oxygen atoms in total. The molecule has 0 saturated carbocycles. The summed E-state index contributed by atoms with van der Waals surface area (Å²) in [6.45, 7) is 4.75. The molecule has 10 atom stereocenters. The molecule has 2 saturated heterocycles. The summed E-state index contributed by atoms with van der Waals surface area (Å²) in [6.07, 6.45) is 1.76. The molecule has 5 aromatic carbocycles. The van der Waals surface area contributed by atoms with Crippen molar-refractivity contribution in [3.63, 3.8) is 0 Å². The molecular weight excluding hydrogens is 1360 g/mol. The third-order valence-electron chi connectivity index (χ3n) is 18.0. The van der Waals surface area contributed by atoms with Crippen LogP contribution in [0.25, 0.3) is 21.5 Å². The Kier molecular flexibility index (Phi) is 29.1. The van der Waals surface area contributed by atoms with E-state index >= 15 is 14.4 Å². The van der Waals surface area contributed by atoms with Crippen LogP contribution in [0.15, 0.2) is 134 Å². The van der Waals surface area contributed by atoms with Gasteiger partial charge >= 0.3 is 0 Å². The number of benzene rings is 5. The fourth-order valence-corrected chi connectivity index (χ4v) is 12.7. The Balaban J connectivity index is 1.07. The number of pyridine rings is 1. The third-order valence-corrected chi connectivity index (χ3v) is 18.3. The molecule has 30 heteroatoms. The molecule has 17 N–H and O–H groups in total. The predicted octanol–water partition coefficient (Wildman–Crippen LogP) is 0.636. The maximum Gasteiger partial charge on any atom is 0.245 e. The average Bonchev–Trinajstić information content (AvgIpc) is 1.59. The Morgan fingerprint density at radius 3 is 1.78 bits per heavy atom. The van der Waals surface area contributed by atoms with Gasteiger partial charge in [0.2, 0.25) is 76.8 Å². The Morgan fingerprint density at radius 1 is 0.596 bits per heavy atom. The van der Waals surface area contributed by atoms with E-state index in [0.29, 0.717) is 33.7 Å². The van der Waals surface area contributed by atoms with Gasteiger partial charge in [0.15, 0.2) is 0 Å². The molecular formula is C74H91ClN16O13. The molecule has 552 valence electrons. The van der Waals surface area contributed by atoms with Crippen molar-refractivity contribution in [3.8, 4) is 0 Å². The molecule has 3 heterocycles. The van der Waals surface area contributed by atoms with Crippen molar-refractivity contribution in [2.45, 2.75) is 165 Å². The van der Waals surface area contributed by atoms with E-state index in [0.717, 1.165) is 21.5 Å². The molecule has 0 spiro atoms. The largest absolute Gasteiger partial charge is 0.368 e. The first-order chi connectivity index (χ1) is 49.8. The van der Waals surface area contributed by atoms with E-state index < -0.39 is 156 Å². The van der Waals surface area contributed by atoms with Crippen LogP contribution >= 0.6 is 11.6 Å². The topological polar surface area (TPSA) is 448 Å². The summed E-state index contributed by atoms with van der Waals surface area (Å²) in [5.74, 6) is -5.36. The Hall–Kier alpha value is -10.9. The number of nitrogens with zero attached hydrogens (tertiary/aromatic N) is 2. The number of amides is 13. The van der Waals surface area contributed by atoms with Crippen molar-refractivity contribution < 1.29 is 62.3 Å². The number of nitrogens with two attached hydrogens (primary N) is 3. The molecule has 6 aromatic rings. The molecule has 0 bridgehead atoms. The zero-order chi connectivity index (χ0) is 75.0. The van der Waals surface area contributed by atoms with Crippen LogP contribution < -0.4 is 75.9 Å². The number of hydrazine groups is 1. The lowest BCUT2D eigenvalue weighted by Gasteiger charge is -2.31. The smallest absolute Gasteiger partial charge is 0.245 e. The summed E-state index contributed by atoms with van der Waals surface area (Å²) in [7, 11) is 0. The number of halogens is 1. The van der Waals surface area contributed by atoms with E-state index in [-0.39, 0.29) is 83.3 Å². The molecule has 2 fully saturated rings. The second-order valence-electron chi connectivity index (χ2n) is 26.5. The van der Waals surface area contributed by atoms with E-state index in [1.165, 1.54) is 24.2 Å². The first kappa shape index (κ1) is 78.8. The predicted molar refractivity (Wildman–Crippen MR) is 387 cm³/mol. The van der Waals surface area contributed by atoms with Gasteiger partial charge in [-0.3, -0.25) is 72.7 Å². The van der Waals surface area contributed by atoms with E-state index in [4.69, 9.17) is 28.9 Å². The van der Waals surface area contributed by atoms with Gasteiger partial charge in [-0.05, 0) is 113 Å². The summed E-state index contributed by atoms with van der Waals surface area (Å²) >= 11 is 6.25. The van der Waals surface area contributed by atoms with Crippen molar-refractivity contribution in [3.05, 3.63) is 161 Å². The molecule has 1 aromatic heterocycles. The van der Waals surface area contributed by atoms with E-state index in [1.54, 1.807) is 42.5 Å². The number of primary amides is 1. The van der Waals surface area contributed by atoms with Crippen molar-refractivity contribution in [2.24, 2.45) is 23.2 Å². The number of aromatic nitrogens is 1. The summed E-state index contributed by atoms with van der Waals surface area (Å²) in [5.41, 5.74) is 15.3. The van der Waals surface area contributed by atoms with Crippen LogP contribution in [-0.4, -0.2) is 167 Å². The lowest BCUT2D eigenvalue weighted by atomic mass is 9.98. The lowest BCUT2D eigenvalue weighted by Crippen LogP contribution is -2.61. The summed E-state index contributed by atoms with van der Waals surface area (Å²) < 4.78 is 0. The van der Waals surface area contributed by atoms with Crippen LogP contribution in [0, 0.1) is 5.92 Å². The SMILES string of the molecule is CC(=O)N[C@H](Cc1ccc2ccccc2c1)C(=O)N[C@H](Cc1ccc(Cl)cc1)C(=O)N[C@H](Cc1cccnc1)C(=O)N[C@@H](CC(=O)NN)C(=O)N[C@H]1CCC(=O)NCCCC[C@@H](C(=O)N2CCC[C@H]2C(=O)NC(CN)C(N)=O)NC(=O)[C@H](CC(C)C)NC(=O)[C@@H](Cc2ccc3ccccc3c2)NC1=O. The Bertz CT molecular complexity index is 4090. The number of likely N-dealkylation sites (tertiary alicyclic amines) is 1. The van der Waals surface area contributed by atoms with Gasteiger partial charge in [-0.15, -0.1) is 0 Å². The van der Waals surface area contributed by atoms with Gasteiger partial charge < -0.3 is 69.5 Å². The minimum Gasteiger partial charge on any atom is -0.368 e. The second kappa shape index (κ2) is 38.4. The standard InChI is InChI=1S/C74H91ClN16O13/c1-42(2)32-55-67(97)83-54(74(104)91-31-11-18-62(91)73(103)89-61(40-76)65(77)95)17-8-9-30-80-63(93)28-27-53(66(96)85-58(70(100)84-55)37-46-20-24-49-14-5-7-16-51(49)34-46)82-72(102)60(39-64(94)90-78)88-71(101)59(38-47-12-10-29-79-41-47)87-69(99)57(35-44-21-25-52(75)26-22-44)86-68(98)56(81-43(3)92)36-45-19-23-48-13-4-6-15-50(48)33-45/h4-7,10,12-16,19-26,29,33-34,41-42,53-62H,8-9,11,17-18,27-28,30-32,35-40,76,78H2,1-3H3,(H2,77,95)(H,80,93)(H,81,92)(H,82,102)(H,83,97)(H,84,100)(H,85,96)(H,86,98)(H,87,99)(H,88,101)(H,89,103)(H,90,94)/t53-,54-,55-,56+,57+,58+,59+,60-,61?,62-/m0/s1. The number of hydrogen-bond donors (Lipinski definition) is 14. The van der Waals surface area contributed by atoms with Crippen LogP contribution in [0.2, 0.25) is 5.02 Å². The maximum absolute atomic E-state index is 15.1. The average molecular weight is 1450 g/mol. The molecule has 8 rings (SSSR count). The molecule has 1 unspecified atom stereocenters. The summed E-state index contributed by atoms with van der Waals surface area (Å²) in [6, 6.07) is 21.5. The number of nitrogens with one attached hydrogen (secondary N) is 11. The second-order valence-corrected chi connectivity index (χ2v) is 27.0. The number of carbonyl (C=O) groups is 13. The zero-order valence-electron chi connectivity index (χ0n) is 58.2. The van der Waals surface area contributed by atoms with Crippen LogP contribution in [-0.2, 0) is 88.0 Å². The number of rotatable bonds is 26. The fraction of sp³-hybridized carbons (Fsp3) is 0.405. The number of carbonyl (C=O) groups excluding carboxylic acids is 13. The highest BCUT2D eigenvalue weighted by Gasteiger charge is 2.41. The summed E-state index contributed by atoms with van der Waals surface area (Å²) in [4.78, 5) is 190. The van der Waals surface area contributed by atoms with Gasteiger partial charge in [-0.25, -0.2) is 5.84 Å². The summed E-state index contributed by atoms with van der Waals surface area (Å²) in [5, 5.41) is 30.9. The van der Waals surface area contributed by atoms with Crippen molar-refractivity contribution in [2.75, 3.05) is 19.6 Å². The molecule has 2 aliphatic rings. The molecule has 0 aliphatic carbocycles. The lowest BCUT2D eigenvalue weighted by molar-refractivity contribution is -0.142. The van der Waals surface area contributed by atoms with Crippen LogP contribution in [0.5, 0.6) is 0 Å². The van der Waals surface area contributed by atoms with Gasteiger partial charge in [-0.1, -0.05) is 129 Å². The zero-order valence-corrected chi connectivity index (χ0v) is 58.9. The molecule has 104 heavy (non-hydrogen) atoms. The van der Waals surface area contributed by atoms with Gasteiger partial charge in [0.1, 0.15) is 60.4 Å². The van der Waals surface area contributed by atoms with Crippen molar-refractivity contribution in [1.82, 2.24) is 68.5 Å². The van der Waals surface area contributed by atoms with E-state index in [1.807, 2.05) is 98.1 Å². The fourth-order valence-electron chi connectivity index (χ4n) is 12.6. The first-order valence-electron chi connectivity index (χ1n) is 34.7.